The molecule has 0 aromatic heterocycles. The van der Waals surface area contributed by atoms with Crippen LogP contribution in [0.4, 0.5) is 0 Å². The van der Waals surface area contributed by atoms with Crippen molar-refractivity contribution in [3.8, 4) is 0 Å². The molecule has 39 heavy (non-hydrogen) atoms. The summed E-state index contributed by atoms with van der Waals surface area (Å²) in [6, 6.07) is 12.6. The van der Waals surface area contributed by atoms with Crippen molar-refractivity contribution in [1.29, 1.82) is 0 Å². The Hall–Kier alpha value is -0.974. The van der Waals surface area contributed by atoms with Crippen LogP contribution < -0.4 is 0 Å². The van der Waals surface area contributed by atoms with Gasteiger partial charge in [0.15, 0.2) is 0 Å². The van der Waals surface area contributed by atoms with Crippen LogP contribution in [0.2, 0.25) is 0 Å². The molecular formula is C30H46MgO6S2. The predicted octanol–water partition coefficient (Wildman–Crippen LogP) is 7.39. The van der Waals surface area contributed by atoms with Gasteiger partial charge in [0.1, 0.15) is 20.2 Å². The Balaban J connectivity index is 0.000000722. The number of unbranched alkanes of at least 4 members (excludes halogenated alkanes) is 12. The van der Waals surface area contributed by atoms with Crippen molar-refractivity contribution in [3.63, 3.8) is 0 Å². The molecule has 0 heterocycles. The fourth-order valence-electron chi connectivity index (χ4n) is 4.22. The summed E-state index contributed by atoms with van der Waals surface area (Å²) in [7, 11) is -8.62. The van der Waals surface area contributed by atoms with Crippen molar-refractivity contribution in [2.75, 3.05) is 0 Å². The van der Waals surface area contributed by atoms with Crippen molar-refractivity contribution in [1.82, 2.24) is 0 Å². The summed E-state index contributed by atoms with van der Waals surface area (Å²) in [6.45, 7) is 4.43. The van der Waals surface area contributed by atoms with Gasteiger partial charge in [-0.25, -0.2) is 16.8 Å². The van der Waals surface area contributed by atoms with Gasteiger partial charge in [-0.15, -0.1) is 0 Å². The summed E-state index contributed by atoms with van der Waals surface area (Å²) < 4.78 is 64.6. The second-order valence-corrected chi connectivity index (χ2v) is 12.7. The van der Waals surface area contributed by atoms with Crippen molar-refractivity contribution in [2.24, 2.45) is 0 Å². The minimum absolute atomic E-state index is 0. The molecule has 9 heteroatoms. The molecule has 0 radical (unpaired) electrons. The van der Waals surface area contributed by atoms with Gasteiger partial charge in [0, 0.05) is 0 Å². The summed E-state index contributed by atoms with van der Waals surface area (Å²) in [5, 5.41) is 0. The topological polar surface area (TPSA) is 114 Å². The Morgan fingerprint density at radius 3 is 0.974 bits per heavy atom. The zero-order valence-electron chi connectivity index (χ0n) is 23.9. The van der Waals surface area contributed by atoms with E-state index in [9.17, 15) is 25.9 Å². The molecular weight excluding hydrogens is 545 g/mol. The van der Waals surface area contributed by atoms with E-state index in [0.717, 1.165) is 36.8 Å². The zero-order chi connectivity index (χ0) is 28.3. The molecule has 0 unspecified atom stereocenters. The van der Waals surface area contributed by atoms with Gasteiger partial charge in [-0.1, -0.05) is 115 Å². The van der Waals surface area contributed by atoms with E-state index in [-0.39, 0.29) is 32.8 Å². The molecule has 2 rings (SSSR count). The minimum Gasteiger partial charge on any atom is -0.744 e. The standard InChI is InChI=1S/2C15H24O3S.Mg/c2*1-2-3-4-5-6-7-8-9-14-10-12-15(13-11-14)19(16,17)18;/h2*10-13H,2-9H2,1H3,(H,16,17,18);/q;;+2/p-2. The van der Waals surface area contributed by atoms with E-state index >= 15 is 0 Å². The Morgan fingerprint density at radius 2 is 0.718 bits per heavy atom. The second-order valence-electron chi connectivity index (χ2n) is 9.94. The summed E-state index contributed by atoms with van der Waals surface area (Å²) >= 11 is 0. The molecule has 216 valence electrons. The van der Waals surface area contributed by atoms with Crippen LogP contribution in [-0.4, -0.2) is 49.0 Å². The molecule has 0 aliphatic rings. The maximum atomic E-state index is 10.8. The maximum absolute atomic E-state index is 10.8. The first-order valence-corrected chi connectivity index (χ1v) is 17.0. The fraction of sp³-hybridized carbons (Fsp3) is 0.600. The van der Waals surface area contributed by atoms with Crippen LogP contribution in [0.15, 0.2) is 58.3 Å². The van der Waals surface area contributed by atoms with Crippen LogP contribution in [-0.2, 0) is 33.1 Å². The van der Waals surface area contributed by atoms with E-state index in [4.69, 9.17) is 0 Å². The maximum Gasteiger partial charge on any atom is 2.00 e. The number of hydrogen-bond acceptors (Lipinski definition) is 6. The van der Waals surface area contributed by atoms with E-state index in [1.807, 2.05) is 0 Å². The quantitative estimate of drug-likeness (QED) is 0.102. The molecule has 0 aliphatic heterocycles. The molecule has 0 aliphatic carbocycles. The largest absolute Gasteiger partial charge is 2.00 e. The number of benzene rings is 2. The molecule has 0 saturated heterocycles. The van der Waals surface area contributed by atoms with Gasteiger partial charge in [-0.05, 0) is 61.1 Å². The van der Waals surface area contributed by atoms with E-state index in [1.165, 1.54) is 101 Å². The minimum atomic E-state index is -4.31. The Kier molecular flexibility index (Phi) is 21.2. The van der Waals surface area contributed by atoms with Crippen molar-refractivity contribution in [3.05, 3.63) is 59.7 Å². The van der Waals surface area contributed by atoms with Crippen LogP contribution >= 0.6 is 0 Å². The number of rotatable bonds is 18. The molecule has 0 spiro atoms. The van der Waals surface area contributed by atoms with Crippen LogP contribution in [0.1, 0.15) is 115 Å². The van der Waals surface area contributed by atoms with E-state index in [1.54, 1.807) is 24.3 Å². The van der Waals surface area contributed by atoms with Gasteiger partial charge in [0.25, 0.3) is 0 Å². The van der Waals surface area contributed by atoms with Gasteiger partial charge in [-0.2, -0.15) is 0 Å². The third-order valence-electron chi connectivity index (χ3n) is 6.56. The van der Waals surface area contributed by atoms with Crippen molar-refractivity contribution < 1.29 is 25.9 Å². The predicted molar refractivity (Wildman–Crippen MR) is 158 cm³/mol. The van der Waals surface area contributed by atoms with Gasteiger partial charge >= 0.3 is 23.1 Å². The summed E-state index contributed by atoms with van der Waals surface area (Å²) in [6.07, 6.45) is 19.6. The van der Waals surface area contributed by atoms with Crippen molar-refractivity contribution in [2.45, 2.75) is 126 Å². The molecule has 0 N–H and O–H groups in total. The van der Waals surface area contributed by atoms with E-state index in [0.29, 0.717) is 0 Å². The zero-order valence-corrected chi connectivity index (χ0v) is 27.0. The average Bonchev–Trinajstić information content (AvgIpc) is 2.87. The van der Waals surface area contributed by atoms with Crippen LogP contribution in [0, 0.1) is 0 Å². The first-order chi connectivity index (χ1) is 18.1. The summed E-state index contributed by atoms with van der Waals surface area (Å²) in [5.41, 5.74) is 2.20. The van der Waals surface area contributed by atoms with Gasteiger partial charge in [0.05, 0.1) is 9.79 Å². The van der Waals surface area contributed by atoms with Crippen LogP contribution in [0.3, 0.4) is 0 Å². The third kappa shape index (κ3) is 18.9. The Bertz CT molecular complexity index is 994. The van der Waals surface area contributed by atoms with Crippen LogP contribution in [0.25, 0.3) is 0 Å². The molecule has 6 nitrogen and oxygen atoms in total. The first kappa shape index (κ1) is 38.0. The van der Waals surface area contributed by atoms with E-state index < -0.39 is 20.2 Å². The Morgan fingerprint density at radius 1 is 0.462 bits per heavy atom. The van der Waals surface area contributed by atoms with Crippen molar-refractivity contribution >= 4 is 43.3 Å². The van der Waals surface area contributed by atoms with Gasteiger partial charge in [-0.3, -0.25) is 0 Å². The van der Waals surface area contributed by atoms with Gasteiger partial charge < -0.3 is 9.11 Å². The molecule has 2 aromatic rings. The monoisotopic (exact) mass is 590 g/mol. The fourth-order valence-corrected chi connectivity index (χ4v) is 5.16. The average molecular weight is 591 g/mol. The molecule has 0 amide bonds. The smallest absolute Gasteiger partial charge is 0.744 e. The molecule has 0 bridgehead atoms. The molecule has 2 aromatic carbocycles. The van der Waals surface area contributed by atoms with Gasteiger partial charge in [0.2, 0.25) is 0 Å². The second kappa shape index (κ2) is 21.7. The van der Waals surface area contributed by atoms with E-state index in [2.05, 4.69) is 13.8 Å². The first-order valence-electron chi connectivity index (χ1n) is 14.2. The molecule has 0 saturated carbocycles. The third-order valence-corrected chi connectivity index (χ3v) is 8.26. The number of aryl methyl sites for hydroxylation is 2. The molecule has 0 fully saturated rings. The summed E-state index contributed by atoms with van der Waals surface area (Å²) in [4.78, 5) is -0.286. The summed E-state index contributed by atoms with van der Waals surface area (Å²) in [5.74, 6) is 0. The SMILES string of the molecule is CCCCCCCCCc1ccc(S(=O)(=O)[O-])cc1.CCCCCCCCCc1ccc(S(=O)(=O)[O-])cc1.[Mg+2]. The number of hydrogen-bond donors (Lipinski definition) is 0. The Labute approximate surface area is 254 Å². The molecule has 0 atom stereocenters. The normalized spacial score (nSPS) is 11.4. The van der Waals surface area contributed by atoms with Crippen LogP contribution in [0.5, 0.6) is 0 Å².